The topological polar surface area (TPSA) is 9.23 Å². The Bertz CT molecular complexity index is 398. The van der Waals surface area contributed by atoms with E-state index in [4.69, 9.17) is 4.74 Å². The van der Waals surface area contributed by atoms with Crippen LogP contribution in [0.5, 0.6) is 5.75 Å². The molecule has 1 nitrogen and oxygen atoms in total. The van der Waals surface area contributed by atoms with Gasteiger partial charge in [0.25, 0.3) is 0 Å². The second kappa shape index (κ2) is 8.28. The second-order valence-electron chi connectivity index (χ2n) is 6.14. The molecule has 0 radical (unpaired) electrons. The van der Waals surface area contributed by atoms with E-state index in [1.54, 1.807) is 12.1 Å². The van der Waals surface area contributed by atoms with Crippen molar-refractivity contribution in [3.8, 4) is 5.75 Å². The number of benzene rings is 1. The van der Waals surface area contributed by atoms with Crippen molar-refractivity contribution in [2.75, 3.05) is 0 Å². The van der Waals surface area contributed by atoms with Crippen LogP contribution in [0.3, 0.4) is 0 Å². The summed E-state index contributed by atoms with van der Waals surface area (Å²) >= 11 is 0. The third-order valence-corrected chi connectivity index (χ3v) is 3.80. The number of ether oxygens (including phenoxy) is 1. The highest BCUT2D eigenvalue weighted by atomic mass is 19.1. The van der Waals surface area contributed by atoms with Crippen LogP contribution in [-0.4, -0.2) is 5.60 Å². The zero-order chi connectivity index (χ0) is 15.0. The van der Waals surface area contributed by atoms with Crippen LogP contribution in [0.2, 0.25) is 0 Å². The Balaban J connectivity index is 2.51. The molecule has 0 aliphatic rings. The summed E-state index contributed by atoms with van der Waals surface area (Å²) in [5, 5.41) is 0. The van der Waals surface area contributed by atoms with Gasteiger partial charge >= 0.3 is 0 Å². The van der Waals surface area contributed by atoms with E-state index in [0.717, 1.165) is 24.8 Å². The number of rotatable bonds is 9. The van der Waals surface area contributed by atoms with Crippen molar-refractivity contribution in [3.63, 3.8) is 0 Å². The molecule has 0 atom stereocenters. The molecule has 0 unspecified atom stereocenters. The average molecular weight is 280 g/mol. The van der Waals surface area contributed by atoms with Gasteiger partial charge in [0.05, 0.1) is 0 Å². The van der Waals surface area contributed by atoms with E-state index in [-0.39, 0.29) is 11.4 Å². The predicted molar refractivity (Wildman–Crippen MR) is 83.9 cm³/mol. The van der Waals surface area contributed by atoms with Crippen molar-refractivity contribution in [1.29, 1.82) is 0 Å². The first kappa shape index (κ1) is 17.0. The number of unbranched alkanes of at least 4 members (excludes halogenated alkanes) is 4. The van der Waals surface area contributed by atoms with Crippen LogP contribution in [0.15, 0.2) is 18.2 Å². The van der Waals surface area contributed by atoms with Gasteiger partial charge in [0.15, 0.2) is 11.6 Å². The maximum absolute atomic E-state index is 14.0. The molecule has 0 bridgehead atoms. The fourth-order valence-corrected chi connectivity index (χ4v) is 2.09. The van der Waals surface area contributed by atoms with Crippen molar-refractivity contribution >= 4 is 0 Å². The third-order valence-electron chi connectivity index (χ3n) is 3.80. The normalized spacial score (nSPS) is 11.7. The van der Waals surface area contributed by atoms with Crippen molar-refractivity contribution in [2.45, 2.75) is 78.2 Å². The van der Waals surface area contributed by atoms with E-state index < -0.39 is 0 Å². The van der Waals surface area contributed by atoms with Crippen LogP contribution < -0.4 is 4.74 Å². The fourth-order valence-electron chi connectivity index (χ4n) is 2.09. The Kier molecular flexibility index (Phi) is 7.04. The summed E-state index contributed by atoms with van der Waals surface area (Å²) < 4.78 is 19.7. The van der Waals surface area contributed by atoms with Crippen LogP contribution in [0, 0.1) is 5.82 Å². The summed E-state index contributed by atoms with van der Waals surface area (Å²) in [6.45, 7) is 8.22. The van der Waals surface area contributed by atoms with E-state index >= 15 is 0 Å². The van der Waals surface area contributed by atoms with Crippen molar-refractivity contribution in [1.82, 2.24) is 0 Å². The van der Waals surface area contributed by atoms with Gasteiger partial charge in [-0.1, -0.05) is 45.6 Å². The first-order chi connectivity index (χ1) is 9.48. The molecule has 0 heterocycles. The number of aryl methyl sites for hydroxylation is 1. The average Bonchev–Trinajstić information content (AvgIpc) is 2.41. The highest BCUT2D eigenvalue weighted by molar-refractivity contribution is 5.30. The minimum absolute atomic E-state index is 0.238. The molecule has 0 aliphatic heterocycles. The predicted octanol–water partition coefficient (Wildman–Crippen LogP) is 5.91. The Morgan fingerprint density at radius 2 is 1.75 bits per heavy atom. The molecule has 2 heteroatoms. The van der Waals surface area contributed by atoms with E-state index in [1.807, 2.05) is 26.8 Å². The number of hydrogen-bond acceptors (Lipinski definition) is 1. The maximum Gasteiger partial charge on any atom is 0.165 e. The molecule has 0 N–H and O–H groups in total. The summed E-state index contributed by atoms with van der Waals surface area (Å²) in [4.78, 5) is 0. The maximum atomic E-state index is 14.0. The summed E-state index contributed by atoms with van der Waals surface area (Å²) in [7, 11) is 0. The number of hydrogen-bond donors (Lipinski definition) is 0. The molecule has 20 heavy (non-hydrogen) atoms. The van der Waals surface area contributed by atoms with E-state index in [0.29, 0.717) is 5.75 Å². The molecule has 1 aromatic carbocycles. The molecule has 0 spiro atoms. The summed E-state index contributed by atoms with van der Waals surface area (Å²) in [5.41, 5.74) is 0.753. The van der Waals surface area contributed by atoms with Gasteiger partial charge in [0.1, 0.15) is 5.60 Å². The quantitative estimate of drug-likeness (QED) is 0.511. The molecular formula is C18H29FO. The van der Waals surface area contributed by atoms with E-state index in [1.165, 1.54) is 25.7 Å². The zero-order valence-electron chi connectivity index (χ0n) is 13.5. The molecular weight excluding hydrogens is 251 g/mol. The molecule has 0 aliphatic carbocycles. The van der Waals surface area contributed by atoms with Crippen LogP contribution in [0.4, 0.5) is 4.39 Å². The molecule has 0 aromatic heterocycles. The lowest BCUT2D eigenvalue weighted by molar-refractivity contribution is 0.0994. The van der Waals surface area contributed by atoms with E-state index in [9.17, 15) is 4.39 Å². The fraction of sp³-hybridized carbons (Fsp3) is 0.667. The molecule has 0 saturated heterocycles. The first-order valence-electron chi connectivity index (χ1n) is 7.96. The van der Waals surface area contributed by atoms with Crippen molar-refractivity contribution < 1.29 is 9.13 Å². The number of halogens is 1. The van der Waals surface area contributed by atoms with Gasteiger partial charge in [-0.05, 0) is 50.8 Å². The van der Waals surface area contributed by atoms with Crippen molar-refractivity contribution in [3.05, 3.63) is 29.6 Å². The monoisotopic (exact) mass is 280 g/mol. The van der Waals surface area contributed by atoms with Gasteiger partial charge in [-0.15, -0.1) is 0 Å². The Labute approximate surface area is 123 Å². The van der Waals surface area contributed by atoms with E-state index in [2.05, 4.69) is 6.92 Å². The largest absolute Gasteiger partial charge is 0.485 e. The summed E-state index contributed by atoms with van der Waals surface area (Å²) in [6.07, 6.45) is 8.02. The van der Waals surface area contributed by atoms with Gasteiger partial charge in [-0.3, -0.25) is 0 Å². The lowest BCUT2D eigenvalue weighted by atomic mass is 10.0. The van der Waals surface area contributed by atoms with Crippen molar-refractivity contribution in [2.24, 2.45) is 0 Å². The summed E-state index contributed by atoms with van der Waals surface area (Å²) in [6, 6.07) is 5.39. The minimum atomic E-state index is -0.317. The van der Waals surface area contributed by atoms with Crippen LogP contribution >= 0.6 is 0 Å². The highest BCUT2D eigenvalue weighted by Crippen LogP contribution is 2.25. The molecule has 0 saturated carbocycles. The molecule has 1 rings (SSSR count). The first-order valence-corrected chi connectivity index (χ1v) is 7.96. The highest BCUT2D eigenvalue weighted by Gasteiger charge is 2.18. The zero-order valence-corrected chi connectivity index (χ0v) is 13.5. The lowest BCUT2D eigenvalue weighted by Gasteiger charge is -2.25. The van der Waals surface area contributed by atoms with Gasteiger partial charge in [-0.25, -0.2) is 4.39 Å². The lowest BCUT2D eigenvalue weighted by Crippen LogP contribution is -2.27. The van der Waals surface area contributed by atoms with Gasteiger partial charge < -0.3 is 4.74 Å². The van der Waals surface area contributed by atoms with Gasteiger partial charge in [-0.2, -0.15) is 0 Å². The third kappa shape index (κ3) is 5.94. The Morgan fingerprint density at radius 1 is 1.05 bits per heavy atom. The minimum Gasteiger partial charge on any atom is -0.485 e. The van der Waals surface area contributed by atoms with Gasteiger partial charge in [0, 0.05) is 0 Å². The van der Waals surface area contributed by atoms with Crippen LogP contribution in [0.1, 0.15) is 71.8 Å². The molecule has 1 aromatic rings. The van der Waals surface area contributed by atoms with Gasteiger partial charge in [0.2, 0.25) is 0 Å². The standard InChI is InChI=1S/C18H29FO/c1-5-7-8-9-10-11-15-12-13-17(16(19)14-15)20-18(3,4)6-2/h12-14H,5-11H2,1-4H3. The van der Waals surface area contributed by atoms with Crippen LogP contribution in [0.25, 0.3) is 0 Å². The Hall–Kier alpha value is -1.05. The summed E-state index contributed by atoms with van der Waals surface area (Å²) in [5.74, 6) is 0.129. The Morgan fingerprint density at radius 3 is 2.35 bits per heavy atom. The second-order valence-corrected chi connectivity index (χ2v) is 6.14. The SMILES string of the molecule is CCCCCCCc1ccc(OC(C)(C)CC)c(F)c1. The molecule has 0 amide bonds. The molecule has 114 valence electrons. The van der Waals surface area contributed by atoms with Crippen LogP contribution in [-0.2, 0) is 6.42 Å². The molecule has 0 fully saturated rings. The smallest absolute Gasteiger partial charge is 0.165 e.